The van der Waals surface area contributed by atoms with Crippen LogP contribution in [0.1, 0.15) is 34.5 Å². The van der Waals surface area contributed by atoms with E-state index in [4.69, 9.17) is 9.47 Å². The van der Waals surface area contributed by atoms with E-state index in [1.807, 2.05) is 67.6 Å². The molecule has 148 valence electrons. The second kappa shape index (κ2) is 10.1. The molecule has 0 aliphatic heterocycles. The van der Waals surface area contributed by atoms with E-state index in [9.17, 15) is 9.59 Å². The van der Waals surface area contributed by atoms with Crippen molar-refractivity contribution in [2.75, 3.05) is 13.2 Å². The van der Waals surface area contributed by atoms with Crippen LogP contribution in [0, 0.1) is 0 Å². The topological polar surface area (TPSA) is 64.6 Å². The Kier molecular flexibility index (Phi) is 7.00. The third-order valence-corrected chi connectivity index (χ3v) is 4.33. The van der Waals surface area contributed by atoms with E-state index >= 15 is 0 Å². The zero-order valence-corrected chi connectivity index (χ0v) is 16.2. The van der Waals surface area contributed by atoms with Gasteiger partial charge in [0.05, 0.1) is 12.6 Å². The largest absolute Gasteiger partial charge is 0.490 e. The minimum absolute atomic E-state index is 0.170. The van der Waals surface area contributed by atoms with Crippen molar-refractivity contribution >= 4 is 12.2 Å². The Morgan fingerprint density at radius 1 is 0.897 bits per heavy atom. The number of nitrogens with one attached hydrogen (secondary N) is 1. The standard InChI is InChI=1S/C24H23NO4/c1-2-28-22-15-18(16-26)13-14-21(22)29-17-23(27)25-24(19-9-5-3-6-10-19)20-11-7-4-8-12-20/h3-16,24H,2,17H2,1H3,(H,25,27). The highest BCUT2D eigenvalue weighted by atomic mass is 16.5. The molecule has 0 saturated carbocycles. The first-order valence-corrected chi connectivity index (χ1v) is 9.45. The van der Waals surface area contributed by atoms with Crippen molar-refractivity contribution in [1.29, 1.82) is 0 Å². The van der Waals surface area contributed by atoms with Gasteiger partial charge in [-0.3, -0.25) is 9.59 Å². The van der Waals surface area contributed by atoms with Gasteiger partial charge in [-0.05, 0) is 36.2 Å². The van der Waals surface area contributed by atoms with Crippen LogP contribution in [0.25, 0.3) is 0 Å². The summed E-state index contributed by atoms with van der Waals surface area (Å²) in [5, 5.41) is 3.03. The van der Waals surface area contributed by atoms with Crippen molar-refractivity contribution in [3.8, 4) is 11.5 Å². The summed E-state index contributed by atoms with van der Waals surface area (Å²) in [5.74, 6) is 0.598. The third-order valence-electron chi connectivity index (χ3n) is 4.33. The van der Waals surface area contributed by atoms with E-state index in [2.05, 4.69) is 5.32 Å². The lowest BCUT2D eigenvalue weighted by atomic mass is 9.99. The van der Waals surface area contributed by atoms with E-state index in [1.54, 1.807) is 18.2 Å². The Morgan fingerprint density at radius 2 is 1.52 bits per heavy atom. The second-order valence-corrected chi connectivity index (χ2v) is 6.37. The van der Waals surface area contributed by atoms with E-state index in [0.29, 0.717) is 23.7 Å². The highest BCUT2D eigenvalue weighted by Crippen LogP contribution is 2.28. The summed E-state index contributed by atoms with van der Waals surface area (Å²) in [6.07, 6.45) is 0.739. The molecule has 29 heavy (non-hydrogen) atoms. The van der Waals surface area contributed by atoms with Gasteiger partial charge >= 0.3 is 0 Å². The summed E-state index contributed by atoms with van der Waals surface area (Å²) in [4.78, 5) is 23.6. The summed E-state index contributed by atoms with van der Waals surface area (Å²) in [6, 6.07) is 24.1. The van der Waals surface area contributed by atoms with Gasteiger partial charge in [-0.1, -0.05) is 60.7 Å². The van der Waals surface area contributed by atoms with Crippen LogP contribution in [-0.4, -0.2) is 25.4 Å². The Hall–Kier alpha value is -3.60. The molecule has 0 radical (unpaired) electrons. The molecule has 0 aliphatic carbocycles. The number of aldehydes is 1. The molecule has 0 aliphatic rings. The van der Waals surface area contributed by atoms with E-state index < -0.39 is 0 Å². The minimum atomic E-state index is -0.280. The molecule has 0 atom stereocenters. The second-order valence-electron chi connectivity index (χ2n) is 6.37. The molecule has 0 unspecified atom stereocenters. The van der Waals surface area contributed by atoms with Crippen LogP contribution in [0.2, 0.25) is 0 Å². The number of ether oxygens (including phenoxy) is 2. The monoisotopic (exact) mass is 389 g/mol. The summed E-state index contributed by atoms with van der Waals surface area (Å²) in [5.41, 5.74) is 2.45. The fraction of sp³-hybridized carbons (Fsp3) is 0.167. The lowest BCUT2D eigenvalue weighted by Gasteiger charge is -2.20. The summed E-state index contributed by atoms with van der Waals surface area (Å²) >= 11 is 0. The Bertz CT molecular complexity index is 902. The van der Waals surface area contributed by atoms with Gasteiger partial charge in [-0.15, -0.1) is 0 Å². The number of carbonyl (C=O) groups excluding carboxylic acids is 2. The number of hydrogen-bond acceptors (Lipinski definition) is 4. The molecular weight excluding hydrogens is 366 g/mol. The maximum atomic E-state index is 12.6. The molecule has 3 rings (SSSR count). The van der Waals surface area contributed by atoms with Crippen LogP contribution in [0.4, 0.5) is 0 Å². The molecule has 0 heterocycles. The van der Waals surface area contributed by atoms with E-state index in [1.165, 1.54) is 0 Å². The molecule has 0 saturated heterocycles. The molecule has 0 bridgehead atoms. The zero-order chi connectivity index (χ0) is 20.5. The highest BCUT2D eigenvalue weighted by Gasteiger charge is 2.17. The number of rotatable bonds is 9. The van der Waals surface area contributed by atoms with Crippen molar-refractivity contribution in [2.24, 2.45) is 0 Å². The highest BCUT2D eigenvalue weighted by molar-refractivity contribution is 5.79. The molecular formula is C24H23NO4. The van der Waals surface area contributed by atoms with Crippen molar-refractivity contribution in [2.45, 2.75) is 13.0 Å². The first kappa shape index (κ1) is 20.1. The van der Waals surface area contributed by atoms with Gasteiger partial charge < -0.3 is 14.8 Å². The fourth-order valence-corrected chi connectivity index (χ4v) is 2.98. The predicted molar refractivity (Wildman–Crippen MR) is 111 cm³/mol. The van der Waals surface area contributed by atoms with Gasteiger partial charge in [0, 0.05) is 5.56 Å². The maximum Gasteiger partial charge on any atom is 0.258 e. The number of carbonyl (C=O) groups is 2. The minimum Gasteiger partial charge on any atom is -0.490 e. The molecule has 0 fully saturated rings. The zero-order valence-electron chi connectivity index (χ0n) is 16.2. The molecule has 3 aromatic carbocycles. The lowest BCUT2D eigenvalue weighted by Crippen LogP contribution is -2.33. The van der Waals surface area contributed by atoms with Gasteiger partial charge in [-0.2, -0.15) is 0 Å². The van der Waals surface area contributed by atoms with Gasteiger partial charge in [0.2, 0.25) is 0 Å². The van der Waals surface area contributed by atoms with Crippen LogP contribution in [0.3, 0.4) is 0 Å². The average molecular weight is 389 g/mol. The number of amides is 1. The van der Waals surface area contributed by atoms with Crippen LogP contribution >= 0.6 is 0 Å². The van der Waals surface area contributed by atoms with Gasteiger partial charge in [-0.25, -0.2) is 0 Å². The summed E-state index contributed by atoms with van der Waals surface area (Å²) in [6.45, 7) is 2.10. The van der Waals surface area contributed by atoms with Gasteiger partial charge in [0.1, 0.15) is 6.29 Å². The average Bonchev–Trinajstić information content (AvgIpc) is 2.78. The first-order chi connectivity index (χ1) is 14.2. The Morgan fingerprint density at radius 3 is 2.07 bits per heavy atom. The molecule has 0 aromatic heterocycles. The lowest BCUT2D eigenvalue weighted by molar-refractivity contribution is -0.123. The third kappa shape index (κ3) is 5.45. The van der Waals surface area contributed by atoms with Gasteiger partial charge in [0.15, 0.2) is 18.1 Å². The maximum absolute atomic E-state index is 12.6. The number of benzene rings is 3. The van der Waals surface area contributed by atoms with Crippen LogP contribution < -0.4 is 14.8 Å². The Labute approximate surface area is 170 Å². The van der Waals surface area contributed by atoms with E-state index in [0.717, 1.165) is 17.4 Å². The van der Waals surface area contributed by atoms with Gasteiger partial charge in [0.25, 0.3) is 5.91 Å². The van der Waals surface area contributed by atoms with E-state index in [-0.39, 0.29) is 18.6 Å². The molecule has 1 N–H and O–H groups in total. The van der Waals surface area contributed by atoms with Crippen molar-refractivity contribution in [3.05, 3.63) is 95.6 Å². The molecule has 3 aromatic rings. The van der Waals surface area contributed by atoms with Crippen molar-refractivity contribution < 1.29 is 19.1 Å². The van der Waals surface area contributed by atoms with Crippen LogP contribution in [0.5, 0.6) is 11.5 Å². The molecule has 5 heteroatoms. The van der Waals surface area contributed by atoms with Crippen molar-refractivity contribution in [1.82, 2.24) is 5.32 Å². The first-order valence-electron chi connectivity index (χ1n) is 9.45. The Balaban J connectivity index is 1.72. The van der Waals surface area contributed by atoms with Crippen LogP contribution in [-0.2, 0) is 4.79 Å². The van der Waals surface area contributed by atoms with Crippen molar-refractivity contribution in [3.63, 3.8) is 0 Å². The smallest absolute Gasteiger partial charge is 0.258 e. The SMILES string of the molecule is CCOc1cc(C=O)ccc1OCC(=O)NC(c1ccccc1)c1ccccc1. The number of hydrogen-bond donors (Lipinski definition) is 1. The predicted octanol–water partition coefficient (Wildman–Crippen LogP) is 4.18. The van der Waals surface area contributed by atoms with Crippen LogP contribution in [0.15, 0.2) is 78.9 Å². The summed E-state index contributed by atoms with van der Waals surface area (Å²) < 4.78 is 11.2. The normalized spacial score (nSPS) is 10.4. The molecule has 1 amide bonds. The quantitative estimate of drug-likeness (QED) is 0.558. The summed E-state index contributed by atoms with van der Waals surface area (Å²) in [7, 11) is 0. The fourth-order valence-electron chi connectivity index (χ4n) is 2.98. The molecule has 5 nitrogen and oxygen atoms in total. The molecule has 0 spiro atoms.